The van der Waals surface area contributed by atoms with E-state index in [1.165, 1.54) is 19.2 Å². The smallest absolute Gasteiger partial charge is 0.408 e. The van der Waals surface area contributed by atoms with Crippen LogP contribution >= 0.6 is 0 Å². The number of halogens is 6. The SMILES string of the molecule is COCC(NC[C@H](N)C(F)(F)F)c1ccc2oc(C(NC(=O)OC(C)(C)C)C3CCC(F)(F)CC3)nc2c1F. The molecule has 1 heterocycles. The summed E-state index contributed by atoms with van der Waals surface area (Å²) in [6, 6.07) is -1.45. The molecule has 1 aromatic heterocycles. The van der Waals surface area contributed by atoms with Gasteiger partial charge in [0.15, 0.2) is 11.4 Å². The molecule has 14 heteroatoms. The van der Waals surface area contributed by atoms with E-state index in [1.54, 1.807) is 20.8 Å². The summed E-state index contributed by atoms with van der Waals surface area (Å²) in [5.41, 5.74) is 4.06. The number of oxazole rings is 1. The monoisotopic (exact) mass is 568 g/mol. The van der Waals surface area contributed by atoms with Crippen LogP contribution < -0.4 is 16.4 Å². The first-order chi connectivity index (χ1) is 18.0. The van der Waals surface area contributed by atoms with Crippen LogP contribution in [0.5, 0.6) is 0 Å². The highest BCUT2D eigenvalue weighted by molar-refractivity contribution is 5.75. The van der Waals surface area contributed by atoms with Gasteiger partial charge in [-0.15, -0.1) is 0 Å². The third-order valence-electron chi connectivity index (χ3n) is 6.43. The molecule has 2 unspecified atom stereocenters. The molecule has 220 valence electrons. The molecule has 0 radical (unpaired) electrons. The molecule has 0 bridgehead atoms. The highest BCUT2D eigenvalue weighted by Gasteiger charge is 2.41. The third kappa shape index (κ3) is 8.21. The van der Waals surface area contributed by atoms with Gasteiger partial charge in [-0.1, -0.05) is 6.07 Å². The van der Waals surface area contributed by atoms with Gasteiger partial charge in [-0.2, -0.15) is 13.2 Å². The summed E-state index contributed by atoms with van der Waals surface area (Å²) in [5.74, 6) is -4.28. The number of hydrogen-bond donors (Lipinski definition) is 3. The summed E-state index contributed by atoms with van der Waals surface area (Å²) in [7, 11) is 1.31. The van der Waals surface area contributed by atoms with Crippen molar-refractivity contribution in [2.24, 2.45) is 11.7 Å². The summed E-state index contributed by atoms with van der Waals surface area (Å²) >= 11 is 0. The molecule has 1 amide bonds. The Balaban J connectivity index is 1.93. The zero-order chi connectivity index (χ0) is 29.2. The summed E-state index contributed by atoms with van der Waals surface area (Å²) in [4.78, 5) is 16.8. The van der Waals surface area contributed by atoms with Crippen LogP contribution in [-0.2, 0) is 9.47 Å². The molecule has 8 nitrogen and oxygen atoms in total. The predicted octanol–water partition coefficient (Wildman–Crippen LogP) is 5.52. The van der Waals surface area contributed by atoms with Crippen LogP contribution in [0.25, 0.3) is 11.1 Å². The summed E-state index contributed by atoms with van der Waals surface area (Å²) in [5, 5.41) is 5.21. The molecule has 39 heavy (non-hydrogen) atoms. The van der Waals surface area contributed by atoms with Gasteiger partial charge in [0.25, 0.3) is 0 Å². The Morgan fingerprint density at radius 1 is 1.23 bits per heavy atom. The van der Waals surface area contributed by atoms with Crippen molar-refractivity contribution < 1.29 is 45.0 Å². The van der Waals surface area contributed by atoms with Crippen LogP contribution in [0.15, 0.2) is 16.5 Å². The van der Waals surface area contributed by atoms with Crippen molar-refractivity contribution in [1.29, 1.82) is 0 Å². The molecule has 3 rings (SSSR count). The van der Waals surface area contributed by atoms with E-state index in [4.69, 9.17) is 19.6 Å². The molecule has 1 fully saturated rings. The van der Waals surface area contributed by atoms with Crippen molar-refractivity contribution >= 4 is 17.2 Å². The summed E-state index contributed by atoms with van der Waals surface area (Å²) in [6.07, 6.45) is -6.15. The molecule has 1 aromatic carbocycles. The number of rotatable bonds is 9. The van der Waals surface area contributed by atoms with E-state index >= 15 is 4.39 Å². The van der Waals surface area contributed by atoms with Crippen molar-refractivity contribution in [3.05, 3.63) is 29.4 Å². The number of fused-ring (bicyclic) bond motifs is 1. The zero-order valence-corrected chi connectivity index (χ0v) is 22.1. The Bertz CT molecular complexity index is 1120. The van der Waals surface area contributed by atoms with Crippen LogP contribution in [0.3, 0.4) is 0 Å². The maximum Gasteiger partial charge on any atom is 0.408 e. The first-order valence-corrected chi connectivity index (χ1v) is 12.5. The highest BCUT2D eigenvalue weighted by Crippen LogP contribution is 2.42. The predicted molar refractivity (Wildman–Crippen MR) is 130 cm³/mol. The molecule has 2 aromatic rings. The minimum absolute atomic E-state index is 0.00605. The number of hydrogen-bond acceptors (Lipinski definition) is 7. The Labute approximate surface area is 222 Å². The number of amides is 1. The first kappa shape index (κ1) is 31.0. The second kappa shape index (κ2) is 11.9. The molecule has 1 aliphatic carbocycles. The molecular weight excluding hydrogens is 534 g/mol. The molecule has 3 atom stereocenters. The van der Waals surface area contributed by atoms with Crippen molar-refractivity contribution in [3.8, 4) is 0 Å². The van der Waals surface area contributed by atoms with Crippen molar-refractivity contribution in [3.63, 3.8) is 0 Å². The van der Waals surface area contributed by atoms with Crippen molar-refractivity contribution in [1.82, 2.24) is 15.6 Å². The maximum absolute atomic E-state index is 15.6. The van der Waals surface area contributed by atoms with Crippen LogP contribution in [0.1, 0.15) is 70.0 Å². The standard InChI is InChI=1S/C25H34F6N4O4/c1-23(2,3)39-22(36)35-19(13-7-9-24(27,28)10-8-13)21-34-20-16(38-21)6-5-14(18(20)26)15(12-37-4)33-11-17(32)25(29,30)31/h5-6,13,15,17,19,33H,7-12,32H2,1-4H3,(H,35,36)/t15?,17-,19?/m0/s1. The van der Waals surface area contributed by atoms with Crippen LogP contribution in [0.4, 0.5) is 31.1 Å². The second-order valence-corrected chi connectivity index (χ2v) is 10.7. The number of alkyl halides is 5. The molecule has 1 saturated carbocycles. The highest BCUT2D eigenvalue weighted by atomic mass is 19.4. The van der Waals surface area contributed by atoms with Gasteiger partial charge in [0.05, 0.1) is 12.6 Å². The lowest BCUT2D eigenvalue weighted by Gasteiger charge is -2.33. The van der Waals surface area contributed by atoms with E-state index in [9.17, 15) is 26.7 Å². The van der Waals surface area contributed by atoms with E-state index in [-0.39, 0.29) is 42.0 Å². The number of alkyl carbamates (subject to hydrolysis) is 1. The van der Waals surface area contributed by atoms with E-state index in [0.717, 1.165) is 0 Å². The number of nitrogens with zero attached hydrogens (tertiary/aromatic N) is 1. The van der Waals surface area contributed by atoms with E-state index < -0.39 is 73.0 Å². The first-order valence-electron chi connectivity index (χ1n) is 12.5. The average molecular weight is 569 g/mol. The van der Waals surface area contributed by atoms with Gasteiger partial charge >= 0.3 is 12.3 Å². The fourth-order valence-corrected chi connectivity index (χ4v) is 4.42. The molecular formula is C25H34F6N4O4. The lowest BCUT2D eigenvalue weighted by molar-refractivity contribution is -0.147. The Hall–Kier alpha value is -2.58. The van der Waals surface area contributed by atoms with E-state index in [1.807, 2.05) is 0 Å². The minimum atomic E-state index is -4.65. The Morgan fingerprint density at radius 3 is 2.44 bits per heavy atom. The lowest BCUT2D eigenvalue weighted by Crippen LogP contribution is -2.46. The van der Waals surface area contributed by atoms with Gasteiger partial charge in [0, 0.05) is 32.1 Å². The zero-order valence-electron chi connectivity index (χ0n) is 22.1. The number of nitrogens with two attached hydrogens (primary N) is 1. The third-order valence-corrected chi connectivity index (χ3v) is 6.43. The van der Waals surface area contributed by atoms with Crippen molar-refractivity contribution in [2.45, 2.75) is 82.3 Å². The van der Waals surface area contributed by atoms with E-state index in [0.29, 0.717) is 0 Å². The number of carbonyl (C=O) groups excluding carboxylic acids is 1. The van der Waals surface area contributed by atoms with E-state index in [2.05, 4.69) is 15.6 Å². The lowest BCUT2D eigenvalue weighted by atomic mass is 9.82. The van der Waals surface area contributed by atoms with Gasteiger partial charge < -0.3 is 30.3 Å². The Morgan fingerprint density at radius 2 is 1.87 bits per heavy atom. The minimum Gasteiger partial charge on any atom is -0.444 e. The topological polar surface area (TPSA) is 112 Å². The molecule has 4 N–H and O–H groups in total. The largest absolute Gasteiger partial charge is 0.444 e. The number of ether oxygens (including phenoxy) is 2. The van der Waals surface area contributed by atoms with Gasteiger partial charge in [-0.25, -0.2) is 22.9 Å². The van der Waals surface area contributed by atoms with Gasteiger partial charge in [-0.05, 0) is 45.6 Å². The Kier molecular flexibility index (Phi) is 9.43. The maximum atomic E-state index is 15.6. The fourth-order valence-electron chi connectivity index (χ4n) is 4.42. The number of nitrogens with one attached hydrogen (secondary N) is 2. The van der Waals surface area contributed by atoms with Gasteiger partial charge in [0.2, 0.25) is 11.8 Å². The second-order valence-electron chi connectivity index (χ2n) is 10.7. The molecule has 0 spiro atoms. The molecule has 0 saturated heterocycles. The van der Waals surface area contributed by atoms with Crippen molar-refractivity contribution in [2.75, 3.05) is 20.3 Å². The van der Waals surface area contributed by atoms with Gasteiger partial charge in [-0.3, -0.25) is 0 Å². The van der Waals surface area contributed by atoms with Crippen LogP contribution in [0.2, 0.25) is 0 Å². The van der Waals surface area contributed by atoms with Crippen LogP contribution in [0, 0.1) is 11.7 Å². The normalized spacial score (nSPS) is 19.1. The number of methoxy groups -OCH3 is 1. The number of benzene rings is 1. The molecule has 1 aliphatic rings. The summed E-state index contributed by atoms with van der Waals surface area (Å²) in [6.45, 7) is 4.12. The van der Waals surface area contributed by atoms with Crippen LogP contribution in [-0.4, -0.2) is 55.1 Å². The average Bonchev–Trinajstić information content (AvgIpc) is 3.24. The van der Waals surface area contributed by atoms with Gasteiger partial charge in [0.1, 0.15) is 23.2 Å². The quantitative estimate of drug-likeness (QED) is 0.342. The fraction of sp³-hybridized carbons (Fsp3) is 0.680. The summed E-state index contributed by atoms with van der Waals surface area (Å²) < 4.78 is 98.0. The number of aromatic nitrogens is 1. The molecule has 0 aliphatic heterocycles. The number of carbonyl (C=O) groups is 1.